The second-order valence-electron chi connectivity index (χ2n) is 4.74. The average Bonchev–Trinajstić information content (AvgIpc) is 2.63. The van der Waals surface area contributed by atoms with Crippen LogP contribution >= 0.6 is 0 Å². The highest BCUT2D eigenvalue weighted by Crippen LogP contribution is 2.28. The molecule has 6 nitrogen and oxygen atoms in total. The molecule has 0 bridgehead atoms. The Morgan fingerprint density at radius 2 is 1.90 bits per heavy atom. The molecule has 0 radical (unpaired) electrons. The molecule has 0 amide bonds. The highest BCUT2D eigenvalue weighted by atomic mass is 32.2. The van der Waals surface area contributed by atoms with Gasteiger partial charge in [0.2, 0.25) is 16.0 Å². The van der Waals surface area contributed by atoms with E-state index in [9.17, 15) is 21.6 Å². The molecule has 0 N–H and O–H groups in total. The van der Waals surface area contributed by atoms with Crippen molar-refractivity contribution in [1.82, 2.24) is 14.3 Å². The molecule has 0 aliphatic carbocycles. The van der Waals surface area contributed by atoms with Crippen LogP contribution in [0.1, 0.15) is 12.1 Å². The fraction of sp³-hybridized carbons (Fsp3) is 0.636. The van der Waals surface area contributed by atoms with E-state index in [1.807, 2.05) is 0 Å². The Bertz CT molecular complexity index is 606. The van der Waals surface area contributed by atoms with Crippen LogP contribution in [-0.2, 0) is 16.2 Å². The third kappa shape index (κ3) is 4.03. The molecule has 1 aromatic heterocycles. The largest absolute Gasteiger partial charge is 0.433 e. The number of halogens is 3. The first-order valence-electron chi connectivity index (χ1n) is 6.28. The van der Waals surface area contributed by atoms with Crippen LogP contribution in [0.5, 0.6) is 0 Å². The molecule has 2 rings (SSSR count). The maximum atomic E-state index is 12.6. The first-order valence-corrected chi connectivity index (χ1v) is 8.13. The van der Waals surface area contributed by atoms with E-state index in [1.165, 1.54) is 4.31 Å². The van der Waals surface area contributed by atoms with Gasteiger partial charge in [-0.2, -0.15) is 13.2 Å². The zero-order chi connectivity index (χ0) is 15.7. The summed E-state index contributed by atoms with van der Waals surface area (Å²) in [4.78, 5) is 8.94. The predicted octanol–water partition coefficient (Wildman–Crippen LogP) is 0.967. The van der Waals surface area contributed by atoms with Crippen molar-refractivity contribution in [3.8, 4) is 0 Å². The first-order chi connectivity index (χ1) is 9.68. The number of anilines is 1. The Labute approximate surface area is 120 Å². The van der Waals surface area contributed by atoms with Gasteiger partial charge in [0.15, 0.2) is 0 Å². The summed E-state index contributed by atoms with van der Waals surface area (Å²) >= 11 is 0. The number of rotatable bonds is 2. The van der Waals surface area contributed by atoms with Gasteiger partial charge in [0, 0.05) is 32.4 Å². The van der Waals surface area contributed by atoms with Crippen LogP contribution in [-0.4, -0.2) is 55.1 Å². The lowest BCUT2D eigenvalue weighted by molar-refractivity contribution is -0.141. The van der Waals surface area contributed by atoms with Crippen LogP contribution in [0.4, 0.5) is 19.1 Å². The van der Waals surface area contributed by atoms with Crippen LogP contribution in [0.25, 0.3) is 0 Å². The molecule has 0 unspecified atom stereocenters. The number of hydrogen-bond acceptors (Lipinski definition) is 5. The Hall–Kier alpha value is -1.42. The van der Waals surface area contributed by atoms with E-state index in [4.69, 9.17) is 0 Å². The third-order valence-corrected chi connectivity index (χ3v) is 4.44. The highest BCUT2D eigenvalue weighted by molar-refractivity contribution is 7.88. The van der Waals surface area contributed by atoms with Crippen molar-refractivity contribution in [1.29, 1.82) is 0 Å². The normalized spacial score (nSPS) is 18.6. The molecule has 1 aliphatic rings. The summed E-state index contributed by atoms with van der Waals surface area (Å²) in [5.74, 6) is -0.0276. The fourth-order valence-electron chi connectivity index (χ4n) is 2.08. The van der Waals surface area contributed by atoms with Crippen LogP contribution in [0, 0.1) is 0 Å². The van der Waals surface area contributed by atoms with E-state index < -0.39 is 21.9 Å². The van der Waals surface area contributed by atoms with Crippen molar-refractivity contribution in [2.45, 2.75) is 12.6 Å². The van der Waals surface area contributed by atoms with Crippen molar-refractivity contribution in [3.05, 3.63) is 18.0 Å². The Kier molecular flexibility index (Phi) is 4.38. The molecule has 1 fully saturated rings. The van der Waals surface area contributed by atoms with Crippen molar-refractivity contribution >= 4 is 16.0 Å². The number of aromatic nitrogens is 2. The monoisotopic (exact) mass is 324 g/mol. The summed E-state index contributed by atoms with van der Waals surface area (Å²) in [5, 5.41) is 0. The molecule has 0 saturated carbocycles. The van der Waals surface area contributed by atoms with Gasteiger partial charge in [-0.3, -0.25) is 0 Å². The molecule has 1 aliphatic heterocycles. The molecule has 21 heavy (non-hydrogen) atoms. The second-order valence-corrected chi connectivity index (χ2v) is 6.72. The van der Waals surface area contributed by atoms with Gasteiger partial charge < -0.3 is 4.90 Å². The first kappa shape index (κ1) is 16.0. The van der Waals surface area contributed by atoms with Gasteiger partial charge >= 0.3 is 6.18 Å². The molecular formula is C11H15F3N4O2S. The summed E-state index contributed by atoms with van der Waals surface area (Å²) in [6, 6.07) is 0.810. The maximum Gasteiger partial charge on any atom is 0.433 e. The topological polar surface area (TPSA) is 66.4 Å². The van der Waals surface area contributed by atoms with E-state index in [2.05, 4.69) is 9.97 Å². The quantitative estimate of drug-likeness (QED) is 0.811. The molecular weight excluding hydrogens is 309 g/mol. The molecule has 10 heteroatoms. The van der Waals surface area contributed by atoms with Crippen LogP contribution in [0.3, 0.4) is 0 Å². The summed E-state index contributed by atoms with van der Waals surface area (Å²) in [6.45, 7) is 1.22. The minimum Gasteiger partial charge on any atom is -0.339 e. The van der Waals surface area contributed by atoms with Gasteiger partial charge in [-0.1, -0.05) is 0 Å². The molecule has 0 atom stereocenters. The lowest BCUT2D eigenvalue weighted by Crippen LogP contribution is -2.35. The Balaban J connectivity index is 2.16. The van der Waals surface area contributed by atoms with E-state index >= 15 is 0 Å². The minimum atomic E-state index is -4.53. The molecule has 0 aromatic carbocycles. The van der Waals surface area contributed by atoms with Crippen LogP contribution < -0.4 is 4.90 Å². The van der Waals surface area contributed by atoms with Gasteiger partial charge in [-0.05, 0) is 12.5 Å². The van der Waals surface area contributed by atoms with Crippen LogP contribution in [0.15, 0.2) is 12.3 Å². The Morgan fingerprint density at radius 3 is 2.52 bits per heavy atom. The average molecular weight is 324 g/mol. The van der Waals surface area contributed by atoms with Gasteiger partial charge in [0.25, 0.3) is 0 Å². The van der Waals surface area contributed by atoms with Crippen molar-refractivity contribution < 1.29 is 21.6 Å². The fourth-order valence-corrected chi connectivity index (χ4v) is 2.96. The SMILES string of the molecule is CS(=O)(=O)N1CCCN(c2nccc(C(F)(F)F)n2)CC1. The lowest BCUT2D eigenvalue weighted by atomic mass is 10.4. The van der Waals surface area contributed by atoms with Gasteiger partial charge in [0.1, 0.15) is 5.69 Å². The van der Waals surface area contributed by atoms with Gasteiger partial charge in [-0.15, -0.1) is 0 Å². The van der Waals surface area contributed by atoms with Gasteiger partial charge in [0.05, 0.1) is 6.26 Å². The third-order valence-electron chi connectivity index (χ3n) is 3.14. The summed E-state index contributed by atoms with van der Waals surface area (Å²) in [7, 11) is -3.30. The summed E-state index contributed by atoms with van der Waals surface area (Å²) in [5.41, 5.74) is -1.00. The minimum absolute atomic E-state index is 0.0276. The predicted molar refractivity (Wildman–Crippen MR) is 70.3 cm³/mol. The van der Waals surface area contributed by atoms with E-state index in [1.54, 1.807) is 4.90 Å². The van der Waals surface area contributed by atoms with Crippen molar-refractivity contribution in [2.75, 3.05) is 37.3 Å². The van der Waals surface area contributed by atoms with E-state index in [0.29, 0.717) is 19.5 Å². The van der Waals surface area contributed by atoms with Crippen LogP contribution in [0.2, 0.25) is 0 Å². The highest BCUT2D eigenvalue weighted by Gasteiger charge is 2.33. The summed E-state index contributed by atoms with van der Waals surface area (Å²) in [6.07, 6.45) is -1.84. The molecule has 0 spiro atoms. The maximum absolute atomic E-state index is 12.6. The summed E-state index contributed by atoms with van der Waals surface area (Å²) < 4.78 is 62.2. The molecule has 118 valence electrons. The standard InChI is InChI=1S/C11H15F3N4O2S/c1-21(19,20)18-6-2-5-17(7-8-18)10-15-4-3-9(16-10)11(12,13)14/h3-4H,2,5-8H2,1H3. The number of sulfonamides is 1. The zero-order valence-corrected chi connectivity index (χ0v) is 12.2. The van der Waals surface area contributed by atoms with Crippen molar-refractivity contribution in [3.63, 3.8) is 0 Å². The van der Waals surface area contributed by atoms with E-state index in [0.717, 1.165) is 18.5 Å². The number of hydrogen-bond donors (Lipinski definition) is 0. The smallest absolute Gasteiger partial charge is 0.339 e. The van der Waals surface area contributed by atoms with Gasteiger partial charge in [-0.25, -0.2) is 22.7 Å². The number of alkyl halides is 3. The Morgan fingerprint density at radius 1 is 1.19 bits per heavy atom. The second kappa shape index (κ2) is 5.76. The van der Waals surface area contributed by atoms with Crippen molar-refractivity contribution in [2.24, 2.45) is 0 Å². The van der Waals surface area contributed by atoms with E-state index in [-0.39, 0.29) is 19.0 Å². The lowest BCUT2D eigenvalue weighted by Gasteiger charge is -2.21. The molecule has 2 heterocycles. The molecule has 1 saturated heterocycles. The molecule has 1 aromatic rings. The zero-order valence-electron chi connectivity index (χ0n) is 11.3. The number of nitrogens with zero attached hydrogens (tertiary/aromatic N) is 4.